The summed E-state index contributed by atoms with van der Waals surface area (Å²) in [5, 5.41) is 6.00. The molecule has 5 nitrogen and oxygen atoms in total. The van der Waals surface area contributed by atoms with Crippen molar-refractivity contribution >= 4 is 17.5 Å². The first-order valence-electron chi connectivity index (χ1n) is 7.47. The normalized spacial score (nSPS) is 10.4. The highest BCUT2D eigenvalue weighted by Gasteiger charge is 2.11. The van der Waals surface area contributed by atoms with Crippen molar-refractivity contribution in [3.63, 3.8) is 0 Å². The van der Waals surface area contributed by atoms with Gasteiger partial charge in [-0.3, -0.25) is 4.79 Å². The number of anilines is 2. The van der Waals surface area contributed by atoms with Gasteiger partial charge in [0.2, 0.25) is 5.95 Å². The van der Waals surface area contributed by atoms with Gasteiger partial charge >= 0.3 is 0 Å². The monoisotopic (exact) mass is 298 g/mol. The molecule has 2 N–H and O–H groups in total. The van der Waals surface area contributed by atoms with E-state index in [-0.39, 0.29) is 5.91 Å². The molecule has 2 rings (SSSR count). The van der Waals surface area contributed by atoms with Gasteiger partial charge in [-0.15, -0.1) is 0 Å². The first-order chi connectivity index (χ1) is 10.5. The second-order valence-corrected chi connectivity index (χ2v) is 5.48. The quantitative estimate of drug-likeness (QED) is 0.887. The van der Waals surface area contributed by atoms with Crippen molar-refractivity contribution in [3.8, 4) is 0 Å². The molecule has 1 heterocycles. The number of carbonyl (C=O) groups excluding carboxylic acids is 1. The van der Waals surface area contributed by atoms with Crippen molar-refractivity contribution in [1.82, 2.24) is 9.97 Å². The molecule has 0 aliphatic heterocycles. The van der Waals surface area contributed by atoms with E-state index in [9.17, 15) is 4.79 Å². The maximum Gasteiger partial charge on any atom is 0.274 e. The van der Waals surface area contributed by atoms with Crippen LogP contribution in [0.15, 0.2) is 24.3 Å². The molecule has 2 aromatic rings. The zero-order valence-corrected chi connectivity index (χ0v) is 13.5. The van der Waals surface area contributed by atoms with Gasteiger partial charge in [0.1, 0.15) is 5.69 Å². The molecule has 0 unspecified atom stereocenters. The van der Waals surface area contributed by atoms with Crippen LogP contribution in [-0.4, -0.2) is 22.4 Å². The largest absolute Gasteiger partial charge is 0.354 e. The number of rotatable bonds is 5. The van der Waals surface area contributed by atoms with Gasteiger partial charge in [0, 0.05) is 17.9 Å². The predicted octanol–water partition coefficient (Wildman–Crippen LogP) is 3.48. The van der Waals surface area contributed by atoms with E-state index in [0.29, 0.717) is 11.6 Å². The van der Waals surface area contributed by atoms with E-state index in [1.165, 1.54) is 0 Å². The van der Waals surface area contributed by atoms with Gasteiger partial charge in [0.15, 0.2) is 0 Å². The molecule has 1 aromatic heterocycles. The van der Waals surface area contributed by atoms with E-state index in [4.69, 9.17) is 0 Å². The zero-order valence-electron chi connectivity index (χ0n) is 13.5. The minimum absolute atomic E-state index is 0.227. The van der Waals surface area contributed by atoms with Crippen LogP contribution in [0.4, 0.5) is 11.6 Å². The Morgan fingerprint density at radius 1 is 1.05 bits per heavy atom. The summed E-state index contributed by atoms with van der Waals surface area (Å²) in [6, 6.07) is 7.64. The molecular weight excluding hydrogens is 276 g/mol. The molecule has 22 heavy (non-hydrogen) atoms. The molecule has 0 aliphatic carbocycles. The Labute approximate surface area is 131 Å². The number of hydrogen-bond donors (Lipinski definition) is 2. The molecule has 1 amide bonds. The van der Waals surface area contributed by atoms with E-state index in [1.54, 1.807) is 6.07 Å². The van der Waals surface area contributed by atoms with E-state index in [2.05, 4.69) is 33.6 Å². The second-order valence-electron chi connectivity index (χ2n) is 5.48. The van der Waals surface area contributed by atoms with Gasteiger partial charge in [0.05, 0.1) is 0 Å². The topological polar surface area (TPSA) is 66.9 Å². The highest BCUT2D eigenvalue weighted by Crippen LogP contribution is 2.15. The van der Waals surface area contributed by atoms with Crippen molar-refractivity contribution in [2.24, 2.45) is 0 Å². The van der Waals surface area contributed by atoms with Gasteiger partial charge in [-0.25, -0.2) is 9.97 Å². The summed E-state index contributed by atoms with van der Waals surface area (Å²) in [7, 11) is 0. The molecule has 0 atom stereocenters. The number of benzene rings is 1. The van der Waals surface area contributed by atoms with Crippen molar-refractivity contribution in [1.29, 1.82) is 0 Å². The molecule has 0 spiro atoms. The van der Waals surface area contributed by atoms with Gasteiger partial charge < -0.3 is 10.6 Å². The molecule has 116 valence electrons. The van der Waals surface area contributed by atoms with E-state index in [0.717, 1.165) is 35.5 Å². The smallest absolute Gasteiger partial charge is 0.274 e. The van der Waals surface area contributed by atoms with Gasteiger partial charge in [-0.05, 0) is 56.5 Å². The summed E-state index contributed by atoms with van der Waals surface area (Å²) in [5.41, 5.74) is 4.13. The van der Waals surface area contributed by atoms with Crippen LogP contribution in [0.2, 0.25) is 0 Å². The van der Waals surface area contributed by atoms with Crippen LogP contribution in [0.5, 0.6) is 0 Å². The molecule has 0 fully saturated rings. The van der Waals surface area contributed by atoms with Crippen molar-refractivity contribution in [3.05, 3.63) is 46.8 Å². The Kier molecular flexibility index (Phi) is 5.09. The predicted molar refractivity (Wildman–Crippen MR) is 89.4 cm³/mol. The summed E-state index contributed by atoms with van der Waals surface area (Å²) in [5.74, 6) is 0.266. The van der Waals surface area contributed by atoms with Gasteiger partial charge in [-0.2, -0.15) is 0 Å². The molecule has 0 aliphatic rings. The molecule has 0 radical (unpaired) electrons. The highest BCUT2D eigenvalue weighted by atomic mass is 16.1. The summed E-state index contributed by atoms with van der Waals surface area (Å²) in [6.45, 7) is 8.71. The Morgan fingerprint density at radius 2 is 1.73 bits per heavy atom. The van der Waals surface area contributed by atoms with E-state index < -0.39 is 0 Å². The molecule has 0 saturated carbocycles. The minimum atomic E-state index is -0.227. The summed E-state index contributed by atoms with van der Waals surface area (Å²) < 4.78 is 0. The van der Waals surface area contributed by atoms with Crippen LogP contribution in [0.3, 0.4) is 0 Å². The van der Waals surface area contributed by atoms with Crippen LogP contribution in [0.1, 0.15) is 40.7 Å². The van der Waals surface area contributed by atoms with E-state index in [1.807, 2.05) is 32.9 Å². The average Bonchev–Trinajstić information content (AvgIpc) is 2.43. The van der Waals surface area contributed by atoms with Crippen LogP contribution in [0.25, 0.3) is 0 Å². The van der Waals surface area contributed by atoms with Crippen molar-refractivity contribution < 1.29 is 4.79 Å². The van der Waals surface area contributed by atoms with Crippen LogP contribution in [-0.2, 0) is 0 Å². The standard InChI is InChI=1S/C17H22N4O/c1-5-6-18-17-19-13(4)10-15(21-17)16(22)20-14-8-11(2)7-12(3)9-14/h7-10H,5-6H2,1-4H3,(H,20,22)(H,18,19,21). The lowest BCUT2D eigenvalue weighted by Crippen LogP contribution is -2.16. The average molecular weight is 298 g/mol. The summed E-state index contributed by atoms with van der Waals surface area (Å²) >= 11 is 0. The number of nitrogens with zero attached hydrogens (tertiary/aromatic N) is 2. The maximum atomic E-state index is 12.4. The maximum absolute atomic E-state index is 12.4. The first kappa shape index (κ1) is 15.9. The van der Waals surface area contributed by atoms with Crippen molar-refractivity contribution in [2.75, 3.05) is 17.2 Å². The zero-order chi connectivity index (χ0) is 16.1. The SMILES string of the molecule is CCCNc1nc(C)cc(C(=O)Nc2cc(C)cc(C)c2)n1. The van der Waals surface area contributed by atoms with Gasteiger partial charge in [0.25, 0.3) is 5.91 Å². The lowest BCUT2D eigenvalue weighted by Gasteiger charge is -2.09. The molecule has 5 heteroatoms. The Bertz CT molecular complexity index is 662. The van der Waals surface area contributed by atoms with E-state index >= 15 is 0 Å². The molecule has 0 saturated heterocycles. The fourth-order valence-corrected chi connectivity index (χ4v) is 2.24. The number of nitrogens with one attached hydrogen (secondary N) is 2. The van der Waals surface area contributed by atoms with Crippen LogP contribution >= 0.6 is 0 Å². The summed E-state index contributed by atoms with van der Waals surface area (Å²) in [6.07, 6.45) is 0.974. The fourth-order valence-electron chi connectivity index (χ4n) is 2.24. The summed E-state index contributed by atoms with van der Waals surface area (Å²) in [4.78, 5) is 21.0. The van der Waals surface area contributed by atoms with Crippen LogP contribution < -0.4 is 10.6 Å². The molecular formula is C17H22N4O. The third-order valence-electron chi connectivity index (χ3n) is 3.10. The first-order valence-corrected chi connectivity index (χ1v) is 7.47. The molecule has 1 aromatic carbocycles. The van der Waals surface area contributed by atoms with Gasteiger partial charge in [-0.1, -0.05) is 13.0 Å². The Balaban J connectivity index is 2.19. The fraction of sp³-hybridized carbons (Fsp3) is 0.353. The number of aromatic nitrogens is 2. The minimum Gasteiger partial charge on any atom is -0.354 e. The Morgan fingerprint density at radius 3 is 2.36 bits per heavy atom. The Hall–Kier alpha value is -2.43. The number of amides is 1. The number of aryl methyl sites for hydroxylation is 3. The number of hydrogen-bond acceptors (Lipinski definition) is 4. The van der Waals surface area contributed by atoms with Crippen molar-refractivity contribution in [2.45, 2.75) is 34.1 Å². The molecule has 0 bridgehead atoms. The highest BCUT2D eigenvalue weighted by molar-refractivity contribution is 6.03. The third-order valence-corrected chi connectivity index (χ3v) is 3.10. The number of carbonyl (C=O) groups is 1. The second kappa shape index (κ2) is 7.02. The van der Waals surface area contributed by atoms with Crippen LogP contribution in [0, 0.1) is 20.8 Å². The lowest BCUT2D eigenvalue weighted by atomic mass is 10.1. The third kappa shape index (κ3) is 4.28. The lowest BCUT2D eigenvalue weighted by molar-refractivity contribution is 0.102.